The normalized spacial score (nSPS) is 16.6. The van der Waals surface area contributed by atoms with Gasteiger partial charge < -0.3 is 20.8 Å². The lowest BCUT2D eigenvalue weighted by Crippen LogP contribution is -2.47. The van der Waals surface area contributed by atoms with Crippen LogP contribution in [0.3, 0.4) is 0 Å². The van der Waals surface area contributed by atoms with Crippen LogP contribution in [0, 0.1) is 0 Å². The quantitative estimate of drug-likeness (QED) is 0.673. The molecule has 0 aliphatic carbocycles. The van der Waals surface area contributed by atoms with E-state index in [1.165, 1.54) is 12.3 Å². The van der Waals surface area contributed by atoms with Crippen LogP contribution in [0.1, 0.15) is 10.4 Å². The highest BCUT2D eigenvalue weighted by Gasteiger charge is 2.19. The molecule has 4 N–H and O–H groups in total. The molecule has 1 fully saturated rings. The summed E-state index contributed by atoms with van der Waals surface area (Å²) in [5.41, 5.74) is 6.34. The number of carboxylic acid groups (broad SMARTS) is 1. The first-order valence-corrected chi connectivity index (χ1v) is 6.19. The maximum absolute atomic E-state index is 10.8. The van der Waals surface area contributed by atoms with Crippen molar-refractivity contribution in [3.05, 3.63) is 17.8 Å². The SMILES string of the molecule is Nc1cc(C(=O)O)cnc1N1CCN(CCO)CC1. The molecule has 0 aromatic carbocycles. The van der Waals surface area contributed by atoms with E-state index in [9.17, 15) is 4.79 Å². The third-order valence-electron chi connectivity index (χ3n) is 3.23. The lowest BCUT2D eigenvalue weighted by molar-refractivity contribution is 0.0696. The van der Waals surface area contributed by atoms with Crippen LogP contribution in [0.2, 0.25) is 0 Å². The molecule has 0 saturated carbocycles. The van der Waals surface area contributed by atoms with Crippen molar-refractivity contribution < 1.29 is 15.0 Å². The van der Waals surface area contributed by atoms with Gasteiger partial charge in [-0.05, 0) is 6.07 Å². The number of aliphatic hydroxyl groups excluding tert-OH is 1. The number of β-amino-alcohol motifs (C(OH)–C–C–N with tert-alkyl or cyclic N) is 1. The topological polar surface area (TPSA) is 103 Å². The number of rotatable bonds is 4. The smallest absolute Gasteiger partial charge is 0.337 e. The van der Waals surface area contributed by atoms with Crippen molar-refractivity contribution in [2.45, 2.75) is 0 Å². The van der Waals surface area contributed by atoms with E-state index in [2.05, 4.69) is 9.88 Å². The van der Waals surface area contributed by atoms with E-state index in [-0.39, 0.29) is 12.2 Å². The number of anilines is 2. The summed E-state index contributed by atoms with van der Waals surface area (Å²) in [7, 11) is 0. The number of carboxylic acids is 1. The standard InChI is InChI=1S/C12H18N4O3/c13-10-7-9(12(18)19)8-14-11(10)16-3-1-15(2-4-16)5-6-17/h7-8,17H,1-6,13H2,(H,18,19). The molecule has 1 aliphatic rings. The summed E-state index contributed by atoms with van der Waals surface area (Å²) in [6, 6.07) is 1.44. The van der Waals surface area contributed by atoms with Gasteiger partial charge in [0, 0.05) is 38.9 Å². The van der Waals surface area contributed by atoms with Crippen molar-refractivity contribution in [3.8, 4) is 0 Å². The predicted molar refractivity (Wildman–Crippen MR) is 71.3 cm³/mol. The molecule has 0 spiro atoms. The summed E-state index contributed by atoms with van der Waals surface area (Å²) in [6.07, 6.45) is 1.33. The summed E-state index contributed by atoms with van der Waals surface area (Å²) in [5.74, 6) is -0.396. The minimum atomic E-state index is -1.03. The predicted octanol–water partition coefficient (Wildman–Crippen LogP) is -0.524. The summed E-state index contributed by atoms with van der Waals surface area (Å²) in [5, 5.41) is 17.7. The van der Waals surface area contributed by atoms with Crippen LogP contribution in [-0.2, 0) is 0 Å². The third-order valence-corrected chi connectivity index (χ3v) is 3.23. The van der Waals surface area contributed by atoms with E-state index in [1.54, 1.807) is 0 Å². The van der Waals surface area contributed by atoms with Crippen LogP contribution < -0.4 is 10.6 Å². The second-order valence-electron chi connectivity index (χ2n) is 4.49. The van der Waals surface area contributed by atoms with Crippen molar-refractivity contribution in [1.82, 2.24) is 9.88 Å². The molecule has 1 aliphatic heterocycles. The largest absolute Gasteiger partial charge is 0.478 e. The van der Waals surface area contributed by atoms with Crippen LogP contribution in [0.15, 0.2) is 12.3 Å². The molecule has 0 unspecified atom stereocenters. The maximum atomic E-state index is 10.8. The molecule has 2 heterocycles. The van der Waals surface area contributed by atoms with Crippen molar-refractivity contribution >= 4 is 17.5 Å². The van der Waals surface area contributed by atoms with Crippen LogP contribution in [0.25, 0.3) is 0 Å². The van der Waals surface area contributed by atoms with Crippen molar-refractivity contribution in [3.63, 3.8) is 0 Å². The first kappa shape index (κ1) is 13.6. The van der Waals surface area contributed by atoms with Gasteiger partial charge >= 0.3 is 5.97 Å². The first-order valence-electron chi connectivity index (χ1n) is 6.19. The molecule has 2 rings (SSSR count). The minimum absolute atomic E-state index is 0.0974. The van der Waals surface area contributed by atoms with Gasteiger partial charge in [-0.15, -0.1) is 0 Å². The molecule has 0 bridgehead atoms. The Kier molecular flexibility index (Phi) is 4.18. The molecule has 1 aromatic rings. The fourth-order valence-electron chi connectivity index (χ4n) is 2.18. The molecule has 0 amide bonds. The zero-order valence-corrected chi connectivity index (χ0v) is 10.6. The number of nitrogens with zero attached hydrogens (tertiary/aromatic N) is 3. The van der Waals surface area contributed by atoms with Crippen LogP contribution >= 0.6 is 0 Å². The van der Waals surface area contributed by atoms with E-state index in [0.717, 1.165) is 26.2 Å². The Labute approximate surface area is 111 Å². The fourth-order valence-corrected chi connectivity index (χ4v) is 2.18. The van der Waals surface area contributed by atoms with E-state index in [1.807, 2.05) is 4.90 Å². The molecule has 0 radical (unpaired) electrons. The second kappa shape index (κ2) is 5.85. The highest BCUT2D eigenvalue weighted by atomic mass is 16.4. The van der Waals surface area contributed by atoms with Gasteiger partial charge in [-0.2, -0.15) is 0 Å². The molecule has 1 saturated heterocycles. The number of carbonyl (C=O) groups is 1. The summed E-state index contributed by atoms with van der Waals surface area (Å²) in [4.78, 5) is 19.2. The number of nitrogens with two attached hydrogens (primary N) is 1. The minimum Gasteiger partial charge on any atom is -0.478 e. The van der Waals surface area contributed by atoms with Gasteiger partial charge in [0.2, 0.25) is 0 Å². The monoisotopic (exact) mass is 266 g/mol. The lowest BCUT2D eigenvalue weighted by Gasteiger charge is -2.35. The van der Waals surface area contributed by atoms with Crippen molar-refractivity contribution in [1.29, 1.82) is 0 Å². The van der Waals surface area contributed by atoms with Gasteiger partial charge in [0.05, 0.1) is 17.9 Å². The number of nitrogen functional groups attached to an aromatic ring is 1. The summed E-state index contributed by atoms with van der Waals surface area (Å²) < 4.78 is 0. The van der Waals surface area contributed by atoms with Gasteiger partial charge in [-0.3, -0.25) is 4.90 Å². The maximum Gasteiger partial charge on any atom is 0.337 e. The molecular formula is C12H18N4O3. The second-order valence-corrected chi connectivity index (χ2v) is 4.49. The third kappa shape index (κ3) is 3.12. The number of hydrogen-bond acceptors (Lipinski definition) is 6. The van der Waals surface area contributed by atoms with Crippen molar-refractivity contribution in [2.24, 2.45) is 0 Å². The van der Waals surface area contributed by atoms with Crippen molar-refractivity contribution in [2.75, 3.05) is 50.0 Å². The first-order chi connectivity index (χ1) is 9.11. The Morgan fingerprint density at radius 2 is 2.05 bits per heavy atom. The van der Waals surface area contributed by atoms with E-state index in [4.69, 9.17) is 15.9 Å². The highest BCUT2D eigenvalue weighted by Crippen LogP contribution is 2.22. The van der Waals surface area contributed by atoms with Crippen LogP contribution in [0.5, 0.6) is 0 Å². The molecule has 7 nitrogen and oxygen atoms in total. The number of aromatic nitrogens is 1. The van der Waals surface area contributed by atoms with Gasteiger partial charge in [0.15, 0.2) is 5.82 Å². The van der Waals surface area contributed by atoms with Gasteiger partial charge in [0.1, 0.15) is 0 Å². The summed E-state index contributed by atoms with van der Waals surface area (Å²) in [6.45, 7) is 4.04. The Bertz CT molecular complexity index is 458. The lowest BCUT2D eigenvalue weighted by atomic mass is 10.2. The van der Waals surface area contributed by atoms with E-state index >= 15 is 0 Å². The Morgan fingerprint density at radius 3 is 2.58 bits per heavy atom. The zero-order valence-electron chi connectivity index (χ0n) is 10.6. The molecule has 1 aromatic heterocycles. The number of pyridine rings is 1. The molecular weight excluding hydrogens is 248 g/mol. The number of hydrogen-bond donors (Lipinski definition) is 3. The summed E-state index contributed by atoms with van der Waals surface area (Å²) >= 11 is 0. The molecule has 19 heavy (non-hydrogen) atoms. The molecule has 0 atom stereocenters. The molecule has 7 heteroatoms. The molecule has 104 valence electrons. The number of aromatic carboxylic acids is 1. The fraction of sp³-hybridized carbons (Fsp3) is 0.500. The number of aliphatic hydroxyl groups is 1. The van der Waals surface area contributed by atoms with Crippen LogP contribution in [-0.4, -0.2) is 65.4 Å². The van der Waals surface area contributed by atoms with Gasteiger partial charge in [0.25, 0.3) is 0 Å². The average molecular weight is 266 g/mol. The Balaban J connectivity index is 2.05. The zero-order chi connectivity index (χ0) is 13.8. The Morgan fingerprint density at radius 1 is 1.37 bits per heavy atom. The van der Waals surface area contributed by atoms with E-state index < -0.39 is 5.97 Å². The highest BCUT2D eigenvalue weighted by molar-refractivity contribution is 5.89. The van der Waals surface area contributed by atoms with Crippen LogP contribution in [0.4, 0.5) is 11.5 Å². The van der Waals surface area contributed by atoms with Gasteiger partial charge in [-0.25, -0.2) is 9.78 Å². The Hall–Kier alpha value is -1.86. The van der Waals surface area contributed by atoms with Gasteiger partial charge in [-0.1, -0.05) is 0 Å². The van der Waals surface area contributed by atoms with E-state index in [0.29, 0.717) is 18.1 Å². The number of piperazine rings is 1. The average Bonchev–Trinajstić information content (AvgIpc) is 2.40.